The van der Waals surface area contributed by atoms with E-state index in [1.165, 1.54) is 4.31 Å². The first-order chi connectivity index (χ1) is 13.9. The Morgan fingerprint density at radius 1 is 1.03 bits per heavy atom. The number of nitrogens with one attached hydrogen (secondary N) is 1. The molecule has 1 N–H and O–H groups in total. The highest BCUT2D eigenvalue weighted by atomic mass is 32.2. The van der Waals surface area contributed by atoms with Crippen molar-refractivity contribution in [1.82, 2.24) is 19.1 Å². The number of fused-ring (bicyclic) bond motifs is 1. The standard InChI is InChI=1S/C21H28N4O3S/c1-16-5-7-19(8-6-16)29(27,28)24-12-9-18(10-13-24)22-21(26)25-15-14-23-11-3-4-20(23)17(25)2/h3-8,11,17-18H,9-10,12-15H2,1-2H3,(H,22,26). The van der Waals surface area contributed by atoms with Gasteiger partial charge in [-0.15, -0.1) is 0 Å². The van der Waals surface area contributed by atoms with Crippen molar-refractivity contribution in [2.45, 2.75) is 50.2 Å². The molecule has 3 heterocycles. The smallest absolute Gasteiger partial charge is 0.318 e. The minimum atomic E-state index is -3.48. The number of sulfonamides is 1. The predicted octanol–water partition coefficient (Wildman–Crippen LogP) is 2.74. The second-order valence-electron chi connectivity index (χ2n) is 7.94. The van der Waals surface area contributed by atoms with Crippen LogP contribution in [0.15, 0.2) is 47.5 Å². The summed E-state index contributed by atoms with van der Waals surface area (Å²) in [4.78, 5) is 15.0. The summed E-state index contributed by atoms with van der Waals surface area (Å²) in [5.74, 6) is 0. The van der Waals surface area contributed by atoms with E-state index in [2.05, 4.69) is 16.0 Å². The zero-order valence-corrected chi connectivity index (χ0v) is 17.7. The third kappa shape index (κ3) is 3.91. The van der Waals surface area contributed by atoms with Crippen LogP contribution in [0.5, 0.6) is 0 Å². The van der Waals surface area contributed by atoms with Crippen LogP contribution < -0.4 is 5.32 Å². The number of urea groups is 1. The Morgan fingerprint density at radius 3 is 2.41 bits per heavy atom. The molecule has 2 amide bonds. The van der Waals surface area contributed by atoms with Gasteiger partial charge >= 0.3 is 6.03 Å². The maximum Gasteiger partial charge on any atom is 0.318 e. The van der Waals surface area contributed by atoms with Crippen molar-refractivity contribution in [2.24, 2.45) is 0 Å². The topological polar surface area (TPSA) is 74.7 Å². The monoisotopic (exact) mass is 416 g/mol. The molecule has 1 fully saturated rings. The van der Waals surface area contributed by atoms with Crippen molar-refractivity contribution < 1.29 is 13.2 Å². The van der Waals surface area contributed by atoms with E-state index in [0.717, 1.165) is 17.8 Å². The van der Waals surface area contributed by atoms with Crippen molar-refractivity contribution in [3.05, 3.63) is 53.9 Å². The van der Waals surface area contributed by atoms with Crippen molar-refractivity contribution in [2.75, 3.05) is 19.6 Å². The first-order valence-corrected chi connectivity index (χ1v) is 11.6. The molecule has 0 bridgehead atoms. The molecule has 2 aromatic rings. The predicted molar refractivity (Wildman–Crippen MR) is 111 cm³/mol. The van der Waals surface area contributed by atoms with Crippen LogP contribution in [0.3, 0.4) is 0 Å². The molecule has 1 atom stereocenters. The lowest BCUT2D eigenvalue weighted by molar-refractivity contribution is 0.154. The van der Waals surface area contributed by atoms with Crippen LogP contribution in [0.1, 0.15) is 37.1 Å². The number of aromatic nitrogens is 1. The van der Waals surface area contributed by atoms with Gasteiger partial charge in [-0.3, -0.25) is 0 Å². The minimum Gasteiger partial charge on any atom is -0.348 e. The maximum absolute atomic E-state index is 12.8. The number of rotatable bonds is 3. The van der Waals surface area contributed by atoms with E-state index in [4.69, 9.17) is 0 Å². The minimum absolute atomic E-state index is 0.00659. The second-order valence-corrected chi connectivity index (χ2v) is 9.87. The quantitative estimate of drug-likeness (QED) is 0.836. The van der Waals surface area contributed by atoms with E-state index in [0.29, 0.717) is 37.4 Å². The summed E-state index contributed by atoms with van der Waals surface area (Å²) in [7, 11) is -3.48. The largest absolute Gasteiger partial charge is 0.348 e. The third-order valence-corrected chi connectivity index (χ3v) is 7.96. The van der Waals surface area contributed by atoms with Gasteiger partial charge in [-0.05, 0) is 51.0 Å². The van der Waals surface area contributed by atoms with E-state index < -0.39 is 10.0 Å². The Kier molecular flexibility index (Phi) is 5.40. The van der Waals surface area contributed by atoms with Gasteiger partial charge < -0.3 is 14.8 Å². The van der Waals surface area contributed by atoms with Gasteiger partial charge in [0.15, 0.2) is 0 Å². The summed E-state index contributed by atoms with van der Waals surface area (Å²) in [6.45, 7) is 6.29. The number of aryl methyl sites for hydroxylation is 1. The zero-order valence-electron chi connectivity index (χ0n) is 16.9. The molecule has 0 aliphatic carbocycles. The fourth-order valence-corrected chi connectivity index (χ4v) is 5.68. The molecule has 2 aliphatic rings. The van der Waals surface area contributed by atoms with Gasteiger partial charge in [0.05, 0.1) is 10.9 Å². The average molecular weight is 417 g/mol. The normalized spacial score (nSPS) is 21.0. The number of carbonyl (C=O) groups is 1. The highest BCUT2D eigenvalue weighted by molar-refractivity contribution is 7.89. The molecular formula is C21H28N4O3S. The van der Waals surface area contributed by atoms with Gasteiger partial charge in [-0.1, -0.05) is 17.7 Å². The Morgan fingerprint density at radius 2 is 1.72 bits per heavy atom. The Hall–Kier alpha value is -2.32. The number of carbonyl (C=O) groups excluding carboxylic acids is 1. The van der Waals surface area contributed by atoms with Crippen LogP contribution in [0.4, 0.5) is 4.79 Å². The number of hydrogen-bond donors (Lipinski definition) is 1. The van der Waals surface area contributed by atoms with Crippen LogP contribution in [-0.4, -0.2) is 53.9 Å². The van der Waals surface area contributed by atoms with Crippen LogP contribution in [-0.2, 0) is 16.6 Å². The molecule has 0 radical (unpaired) electrons. The van der Waals surface area contributed by atoms with E-state index in [1.807, 2.05) is 43.1 Å². The molecule has 1 unspecified atom stereocenters. The van der Waals surface area contributed by atoms with Crippen LogP contribution in [0.2, 0.25) is 0 Å². The highest BCUT2D eigenvalue weighted by Crippen LogP contribution is 2.26. The van der Waals surface area contributed by atoms with Gasteiger partial charge in [-0.2, -0.15) is 4.31 Å². The zero-order chi connectivity index (χ0) is 20.6. The summed E-state index contributed by atoms with van der Waals surface area (Å²) in [5.41, 5.74) is 2.18. The van der Waals surface area contributed by atoms with Gasteiger partial charge in [0, 0.05) is 44.1 Å². The highest BCUT2D eigenvalue weighted by Gasteiger charge is 2.32. The summed E-state index contributed by atoms with van der Waals surface area (Å²) >= 11 is 0. The molecule has 29 heavy (non-hydrogen) atoms. The molecule has 0 spiro atoms. The lowest BCUT2D eigenvalue weighted by Gasteiger charge is -2.37. The van der Waals surface area contributed by atoms with Gasteiger partial charge in [-0.25, -0.2) is 13.2 Å². The van der Waals surface area contributed by atoms with Crippen LogP contribution in [0.25, 0.3) is 0 Å². The molecule has 7 nitrogen and oxygen atoms in total. The lowest BCUT2D eigenvalue weighted by atomic mass is 10.1. The van der Waals surface area contributed by atoms with Gasteiger partial charge in [0.2, 0.25) is 10.0 Å². The summed E-state index contributed by atoms with van der Waals surface area (Å²) in [6.07, 6.45) is 3.29. The van der Waals surface area contributed by atoms with E-state index in [1.54, 1.807) is 12.1 Å². The Balaban J connectivity index is 1.34. The summed E-state index contributed by atoms with van der Waals surface area (Å²) in [5, 5.41) is 3.12. The number of piperidine rings is 1. The number of hydrogen-bond acceptors (Lipinski definition) is 3. The fourth-order valence-electron chi connectivity index (χ4n) is 4.21. The summed E-state index contributed by atoms with van der Waals surface area (Å²) in [6, 6.07) is 11.0. The molecule has 8 heteroatoms. The maximum atomic E-state index is 12.8. The van der Waals surface area contributed by atoms with Crippen molar-refractivity contribution in [3.8, 4) is 0 Å². The molecule has 1 saturated heterocycles. The second kappa shape index (κ2) is 7.84. The number of amides is 2. The van der Waals surface area contributed by atoms with E-state index in [-0.39, 0.29) is 18.1 Å². The number of nitrogens with zero attached hydrogens (tertiary/aromatic N) is 3. The Bertz CT molecular complexity index is 976. The molecule has 156 valence electrons. The first-order valence-electron chi connectivity index (χ1n) is 10.2. The van der Waals surface area contributed by atoms with E-state index >= 15 is 0 Å². The van der Waals surface area contributed by atoms with Crippen molar-refractivity contribution in [1.29, 1.82) is 0 Å². The lowest BCUT2D eigenvalue weighted by Crippen LogP contribution is -2.52. The molecule has 1 aromatic heterocycles. The Labute approximate surface area is 172 Å². The van der Waals surface area contributed by atoms with Gasteiger partial charge in [0.25, 0.3) is 0 Å². The van der Waals surface area contributed by atoms with E-state index in [9.17, 15) is 13.2 Å². The van der Waals surface area contributed by atoms with Gasteiger partial charge in [0.1, 0.15) is 0 Å². The first kappa shape index (κ1) is 20.0. The van der Waals surface area contributed by atoms with Crippen LogP contribution >= 0.6 is 0 Å². The molecule has 2 aliphatic heterocycles. The third-order valence-electron chi connectivity index (χ3n) is 6.04. The SMILES string of the molecule is Cc1ccc(S(=O)(=O)N2CCC(NC(=O)N3CCn4cccc4C3C)CC2)cc1. The number of benzene rings is 1. The molecule has 1 aromatic carbocycles. The molecule has 0 saturated carbocycles. The molecule has 4 rings (SSSR count). The van der Waals surface area contributed by atoms with Crippen molar-refractivity contribution in [3.63, 3.8) is 0 Å². The van der Waals surface area contributed by atoms with Crippen molar-refractivity contribution >= 4 is 16.1 Å². The average Bonchev–Trinajstić information content (AvgIpc) is 3.19. The van der Waals surface area contributed by atoms with Crippen LogP contribution in [0, 0.1) is 6.92 Å². The molecular weight excluding hydrogens is 388 g/mol. The fraction of sp³-hybridized carbons (Fsp3) is 0.476. The summed E-state index contributed by atoms with van der Waals surface area (Å²) < 4.78 is 29.4.